The topological polar surface area (TPSA) is 110 Å². The lowest BCUT2D eigenvalue weighted by atomic mass is 10.2. The van der Waals surface area contributed by atoms with Crippen LogP contribution in [0.4, 0.5) is 11.4 Å². The van der Waals surface area contributed by atoms with E-state index in [1.165, 1.54) is 24.3 Å². The van der Waals surface area contributed by atoms with Gasteiger partial charge >= 0.3 is 0 Å². The number of aromatic hydroxyl groups is 1. The van der Waals surface area contributed by atoms with Crippen molar-refractivity contribution in [1.29, 1.82) is 0 Å². The van der Waals surface area contributed by atoms with Crippen molar-refractivity contribution in [2.24, 2.45) is 15.4 Å². The molecule has 9 heteroatoms. The molecule has 7 nitrogen and oxygen atoms in total. The molecule has 0 aliphatic carbocycles. The highest BCUT2D eigenvalue weighted by Gasteiger charge is 2.16. The van der Waals surface area contributed by atoms with Gasteiger partial charge in [0.25, 0.3) is 0 Å². The zero-order chi connectivity index (χ0) is 18.9. The molecule has 0 fully saturated rings. The van der Waals surface area contributed by atoms with Gasteiger partial charge in [-0.05, 0) is 48.9 Å². The highest BCUT2D eigenvalue weighted by Crippen LogP contribution is 2.40. The molecule has 1 aromatic heterocycles. The van der Waals surface area contributed by atoms with E-state index in [1.807, 2.05) is 25.1 Å². The molecule has 0 atom stereocenters. The molecule has 136 valence electrons. The third-order valence-electron chi connectivity index (χ3n) is 3.85. The number of aryl methyl sites for hydroxylation is 1. The van der Waals surface area contributed by atoms with E-state index < -0.39 is 10.0 Å². The molecular formula is C17H17BrN4O3S. The maximum atomic E-state index is 11.3. The van der Waals surface area contributed by atoms with Gasteiger partial charge in [-0.25, -0.2) is 13.6 Å². The average molecular weight is 437 g/mol. The third-order valence-corrected chi connectivity index (χ3v) is 5.27. The van der Waals surface area contributed by atoms with Gasteiger partial charge in [0.15, 0.2) is 5.69 Å². The molecule has 0 saturated heterocycles. The number of benzene rings is 2. The van der Waals surface area contributed by atoms with Crippen molar-refractivity contribution in [3.8, 4) is 5.88 Å². The molecule has 26 heavy (non-hydrogen) atoms. The average Bonchev–Trinajstić information content (AvgIpc) is 2.84. The number of aromatic nitrogens is 1. The van der Waals surface area contributed by atoms with Gasteiger partial charge in [-0.3, -0.25) is 0 Å². The van der Waals surface area contributed by atoms with Crippen LogP contribution in [0.15, 0.2) is 62.1 Å². The molecule has 3 aromatic rings. The lowest BCUT2D eigenvalue weighted by Gasteiger charge is -2.03. The van der Waals surface area contributed by atoms with E-state index in [0.29, 0.717) is 17.9 Å². The molecule has 0 saturated carbocycles. The number of primary sulfonamides is 1. The van der Waals surface area contributed by atoms with Crippen LogP contribution in [0.25, 0.3) is 10.9 Å². The number of hydrogen-bond acceptors (Lipinski definition) is 5. The molecule has 0 radical (unpaired) electrons. The summed E-state index contributed by atoms with van der Waals surface area (Å²) in [5, 5.41) is 24.7. The standard InChI is InChI=1S/C17H17BrN4O3S/c1-2-9-22-15-8-3-11(18)10-14(15)16(17(22)23)21-20-12-4-6-13(7-5-12)26(19,24)25/h3-8,10,23H,2,9H2,1H3,(H2,19,24,25). The van der Waals surface area contributed by atoms with Crippen LogP contribution in [0.5, 0.6) is 5.88 Å². The van der Waals surface area contributed by atoms with Crippen LogP contribution in [0.2, 0.25) is 0 Å². The summed E-state index contributed by atoms with van der Waals surface area (Å²) in [6, 6.07) is 11.4. The molecule has 0 aliphatic heterocycles. The monoisotopic (exact) mass is 436 g/mol. The first-order chi connectivity index (χ1) is 12.3. The molecule has 0 aliphatic rings. The van der Waals surface area contributed by atoms with Crippen LogP contribution in [0.1, 0.15) is 13.3 Å². The minimum Gasteiger partial charge on any atom is -0.493 e. The quantitative estimate of drug-likeness (QED) is 0.570. The largest absolute Gasteiger partial charge is 0.493 e. The minimum atomic E-state index is -3.75. The van der Waals surface area contributed by atoms with Gasteiger partial charge < -0.3 is 9.67 Å². The van der Waals surface area contributed by atoms with Gasteiger partial charge in [0.1, 0.15) is 0 Å². The molecule has 0 spiro atoms. The smallest absolute Gasteiger partial charge is 0.238 e. The van der Waals surface area contributed by atoms with Gasteiger partial charge in [0.2, 0.25) is 15.9 Å². The first-order valence-electron chi connectivity index (χ1n) is 7.86. The Kier molecular flexibility index (Phi) is 5.12. The van der Waals surface area contributed by atoms with E-state index >= 15 is 0 Å². The maximum absolute atomic E-state index is 11.3. The highest BCUT2D eigenvalue weighted by molar-refractivity contribution is 9.10. The summed E-state index contributed by atoms with van der Waals surface area (Å²) in [7, 11) is -3.75. The fraction of sp³-hybridized carbons (Fsp3) is 0.176. The Hall–Kier alpha value is -2.23. The lowest BCUT2D eigenvalue weighted by Crippen LogP contribution is -2.11. The Labute approximate surface area is 159 Å². The first-order valence-corrected chi connectivity index (χ1v) is 10.2. The van der Waals surface area contributed by atoms with E-state index in [4.69, 9.17) is 5.14 Å². The van der Waals surface area contributed by atoms with Gasteiger partial charge in [0, 0.05) is 16.4 Å². The summed E-state index contributed by atoms with van der Waals surface area (Å²) < 4.78 is 25.2. The fourth-order valence-corrected chi connectivity index (χ4v) is 3.53. The summed E-state index contributed by atoms with van der Waals surface area (Å²) >= 11 is 3.43. The summed E-state index contributed by atoms with van der Waals surface area (Å²) in [4.78, 5) is 0.00257. The van der Waals surface area contributed by atoms with Gasteiger partial charge in [-0.15, -0.1) is 5.11 Å². The molecule has 3 N–H and O–H groups in total. The SMILES string of the molecule is CCCn1c(O)c(N=Nc2ccc(S(N)(=O)=O)cc2)c2cc(Br)ccc21. The van der Waals surface area contributed by atoms with Crippen LogP contribution in [0.3, 0.4) is 0 Å². The van der Waals surface area contributed by atoms with Crippen LogP contribution in [-0.4, -0.2) is 18.1 Å². The number of hydrogen-bond donors (Lipinski definition) is 2. The van der Waals surface area contributed by atoms with Gasteiger partial charge in [-0.2, -0.15) is 5.11 Å². The number of halogens is 1. The Balaban J connectivity index is 2.04. The predicted molar refractivity (Wildman–Crippen MR) is 104 cm³/mol. The second-order valence-electron chi connectivity index (χ2n) is 5.72. The summed E-state index contributed by atoms with van der Waals surface area (Å²) in [6.45, 7) is 2.68. The third kappa shape index (κ3) is 3.64. The number of rotatable bonds is 5. The van der Waals surface area contributed by atoms with Crippen molar-refractivity contribution < 1.29 is 13.5 Å². The van der Waals surface area contributed by atoms with Crippen LogP contribution < -0.4 is 5.14 Å². The second-order valence-corrected chi connectivity index (χ2v) is 8.20. The van der Waals surface area contributed by atoms with Crippen molar-refractivity contribution in [3.05, 3.63) is 46.9 Å². The first kappa shape index (κ1) is 18.6. The van der Waals surface area contributed by atoms with Crippen LogP contribution in [-0.2, 0) is 16.6 Å². The summed E-state index contributed by atoms with van der Waals surface area (Å²) in [6.07, 6.45) is 0.860. The molecule has 0 amide bonds. The molecule has 2 aromatic carbocycles. The molecule has 0 bridgehead atoms. The lowest BCUT2D eigenvalue weighted by molar-refractivity contribution is 0.421. The Morgan fingerprint density at radius 2 is 1.85 bits per heavy atom. The predicted octanol–water partition coefficient (Wildman–Crippen LogP) is 4.58. The van der Waals surface area contributed by atoms with E-state index in [0.717, 1.165) is 21.8 Å². The number of azo groups is 1. The number of fused-ring (bicyclic) bond motifs is 1. The van der Waals surface area contributed by atoms with Crippen LogP contribution >= 0.6 is 15.9 Å². The maximum Gasteiger partial charge on any atom is 0.238 e. The summed E-state index contributed by atoms with van der Waals surface area (Å²) in [5.74, 6) is 0.0462. The minimum absolute atomic E-state index is 0.00257. The van der Waals surface area contributed by atoms with Crippen molar-refractivity contribution in [2.45, 2.75) is 24.8 Å². The summed E-state index contributed by atoms with van der Waals surface area (Å²) in [5.41, 5.74) is 1.68. The Morgan fingerprint density at radius 1 is 1.15 bits per heavy atom. The van der Waals surface area contributed by atoms with E-state index in [9.17, 15) is 13.5 Å². The second kappa shape index (κ2) is 7.18. The normalized spacial score (nSPS) is 12.3. The number of sulfonamides is 1. The molecule has 1 heterocycles. The van der Waals surface area contributed by atoms with Crippen LogP contribution in [0, 0.1) is 0 Å². The van der Waals surface area contributed by atoms with E-state index in [1.54, 1.807) is 4.57 Å². The van der Waals surface area contributed by atoms with E-state index in [-0.39, 0.29) is 10.8 Å². The molecule has 0 unspecified atom stereocenters. The van der Waals surface area contributed by atoms with Crippen molar-refractivity contribution >= 4 is 48.2 Å². The highest BCUT2D eigenvalue weighted by atomic mass is 79.9. The molecular weight excluding hydrogens is 420 g/mol. The zero-order valence-corrected chi connectivity index (χ0v) is 16.3. The Morgan fingerprint density at radius 3 is 2.46 bits per heavy atom. The van der Waals surface area contributed by atoms with Crippen molar-refractivity contribution in [2.75, 3.05) is 0 Å². The van der Waals surface area contributed by atoms with Crippen molar-refractivity contribution in [1.82, 2.24) is 4.57 Å². The number of nitrogens with two attached hydrogens (primary N) is 1. The Bertz CT molecular complexity index is 1090. The van der Waals surface area contributed by atoms with Gasteiger partial charge in [-0.1, -0.05) is 22.9 Å². The zero-order valence-electron chi connectivity index (χ0n) is 13.9. The number of nitrogens with zero attached hydrogens (tertiary/aromatic N) is 3. The molecule has 3 rings (SSSR count). The van der Waals surface area contributed by atoms with Gasteiger partial charge in [0.05, 0.1) is 16.1 Å². The van der Waals surface area contributed by atoms with E-state index in [2.05, 4.69) is 26.2 Å². The fourth-order valence-electron chi connectivity index (χ4n) is 2.65. The van der Waals surface area contributed by atoms with Crippen molar-refractivity contribution in [3.63, 3.8) is 0 Å².